The molecule has 140 valence electrons. The lowest BCUT2D eigenvalue weighted by Gasteiger charge is -2.34. The summed E-state index contributed by atoms with van der Waals surface area (Å²) in [5, 5.41) is 0. The van der Waals surface area contributed by atoms with Crippen LogP contribution in [0.2, 0.25) is 0 Å². The van der Waals surface area contributed by atoms with Gasteiger partial charge in [0.2, 0.25) is 0 Å². The van der Waals surface area contributed by atoms with Crippen LogP contribution in [0.25, 0.3) is 0 Å². The van der Waals surface area contributed by atoms with Crippen molar-refractivity contribution in [3.05, 3.63) is 35.6 Å². The number of hydrogen-bond acceptors (Lipinski definition) is 3. The molecule has 2 aliphatic heterocycles. The fourth-order valence-corrected chi connectivity index (χ4v) is 3.44. The Labute approximate surface area is 166 Å². The smallest absolute Gasteiger partial charge is 0.191 e. The van der Waals surface area contributed by atoms with Crippen molar-refractivity contribution in [1.82, 2.24) is 9.80 Å². The van der Waals surface area contributed by atoms with E-state index in [1.54, 1.807) is 12.1 Å². The molecule has 0 saturated carbocycles. The Morgan fingerprint density at radius 1 is 1.16 bits per heavy atom. The lowest BCUT2D eigenvalue weighted by molar-refractivity contribution is 0.0179. The highest BCUT2D eigenvalue weighted by atomic mass is 127. The van der Waals surface area contributed by atoms with Crippen LogP contribution < -0.4 is 5.73 Å². The number of morpholine rings is 1. The Morgan fingerprint density at radius 3 is 2.56 bits per heavy atom. The molecule has 2 fully saturated rings. The Morgan fingerprint density at radius 2 is 1.88 bits per heavy atom. The second-order valence-electron chi connectivity index (χ2n) is 6.47. The van der Waals surface area contributed by atoms with E-state index in [-0.39, 0.29) is 35.8 Å². The molecule has 1 unspecified atom stereocenters. The average molecular weight is 462 g/mol. The summed E-state index contributed by atoms with van der Waals surface area (Å²) in [6.45, 7) is 5.59. The van der Waals surface area contributed by atoms with Gasteiger partial charge in [0, 0.05) is 26.2 Å². The predicted octanol–water partition coefficient (Wildman–Crippen LogP) is 2.62. The maximum Gasteiger partial charge on any atom is 0.191 e. The molecular formula is C18H28FIN4O. The molecule has 2 N–H and O–H groups in total. The minimum absolute atomic E-state index is 0. The summed E-state index contributed by atoms with van der Waals surface area (Å²) in [7, 11) is 0. The molecule has 0 radical (unpaired) electrons. The van der Waals surface area contributed by atoms with Crippen molar-refractivity contribution in [3.8, 4) is 0 Å². The third kappa shape index (κ3) is 5.79. The number of guanidine groups is 1. The molecular weight excluding hydrogens is 434 g/mol. The zero-order chi connectivity index (χ0) is 16.8. The van der Waals surface area contributed by atoms with Crippen molar-refractivity contribution in [3.63, 3.8) is 0 Å². The summed E-state index contributed by atoms with van der Waals surface area (Å²) in [4.78, 5) is 9.11. The van der Waals surface area contributed by atoms with E-state index in [9.17, 15) is 4.39 Å². The zero-order valence-corrected chi connectivity index (χ0v) is 16.9. The number of benzene rings is 1. The Kier molecular flexibility index (Phi) is 8.38. The molecule has 1 aromatic carbocycles. The molecule has 2 aliphatic rings. The summed E-state index contributed by atoms with van der Waals surface area (Å²) < 4.78 is 19.1. The summed E-state index contributed by atoms with van der Waals surface area (Å²) in [6.07, 6.45) is 3.61. The first-order valence-corrected chi connectivity index (χ1v) is 8.86. The highest BCUT2D eigenvalue weighted by Gasteiger charge is 2.23. The molecule has 2 heterocycles. The first-order valence-electron chi connectivity index (χ1n) is 8.86. The number of likely N-dealkylation sites (tertiary alicyclic amines) is 1. The summed E-state index contributed by atoms with van der Waals surface area (Å²) in [5.41, 5.74) is 7.14. The predicted molar refractivity (Wildman–Crippen MR) is 109 cm³/mol. The fraction of sp³-hybridized carbons (Fsp3) is 0.611. The molecule has 2 saturated heterocycles. The molecule has 7 heteroatoms. The standard InChI is InChI=1S/C18H27FN4O.HI/c19-16-6-4-5-15(13-16)17(22-9-11-24-12-10-22)14-21-18(20)23-7-2-1-3-8-23;/h4-6,13,17H,1-3,7-12,14H2,(H2,20,21);1H. The third-order valence-electron chi connectivity index (χ3n) is 4.83. The van der Waals surface area contributed by atoms with Gasteiger partial charge in [-0.05, 0) is 37.0 Å². The van der Waals surface area contributed by atoms with Crippen LogP contribution in [0.3, 0.4) is 0 Å². The van der Waals surface area contributed by atoms with Crippen LogP contribution in [-0.4, -0.2) is 61.7 Å². The summed E-state index contributed by atoms with van der Waals surface area (Å²) in [6, 6.07) is 6.84. The summed E-state index contributed by atoms with van der Waals surface area (Å²) in [5.74, 6) is 0.406. The number of aliphatic imine (C=N–C) groups is 1. The SMILES string of the molecule is I.NC(=NCC(c1cccc(F)c1)N1CCOCC1)N1CCCCC1. The number of rotatable bonds is 4. The van der Waals surface area contributed by atoms with E-state index in [1.165, 1.54) is 25.3 Å². The van der Waals surface area contributed by atoms with Crippen molar-refractivity contribution >= 4 is 29.9 Å². The number of halogens is 2. The van der Waals surface area contributed by atoms with Gasteiger partial charge in [-0.15, -0.1) is 24.0 Å². The van der Waals surface area contributed by atoms with Gasteiger partial charge in [0.05, 0.1) is 25.8 Å². The van der Waals surface area contributed by atoms with Crippen LogP contribution in [0.4, 0.5) is 4.39 Å². The van der Waals surface area contributed by atoms with Crippen LogP contribution >= 0.6 is 24.0 Å². The van der Waals surface area contributed by atoms with Gasteiger partial charge in [0.15, 0.2) is 5.96 Å². The molecule has 0 bridgehead atoms. The maximum atomic E-state index is 13.7. The van der Waals surface area contributed by atoms with Crippen LogP contribution in [0.5, 0.6) is 0 Å². The molecule has 0 aliphatic carbocycles. The van der Waals surface area contributed by atoms with E-state index < -0.39 is 0 Å². The van der Waals surface area contributed by atoms with Gasteiger partial charge >= 0.3 is 0 Å². The van der Waals surface area contributed by atoms with Gasteiger partial charge in [-0.3, -0.25) is 9.89 Å². The minimum Gasteiger partial charge on any atom is -0.379 e. The Hall–Kier alpha value is -0.930. The van der Waals surface area contributed by atoms with Crippen molar-refractivity contribution in [1.29, 1.82) is 0 Å². The molecule has 5 nitrogen and oxygen atoms in total. The van der Waals surface area contributed by atoms with Crippen molar-refractivity contribution < 1.29 is 9.13 Å². The molecule has 1 atom stereocenters. The van der Waals surface area contributed by atoms with E-state index >= 15 is 0 Å². The number of nitrogens with two attached hydrogens (primary N) is 1. The van der Waals surface area contributed by atoms with E-state index in [1.807, 2.05) is 6.07 Å². The van der Waals surface area contributed by atoms with Crippen LogP contribution in [0.1, 0.15) is 30.9 Å². The van der Waals surface area contributed by atoms with Gasteiger partial charge in [0.1, 0.15) is 5.82 Å². The molecule has 0 amide bonds. The number of hydrogen-bond donors (Lipinski definition) is 1. The lowest BCUT2D eigenvalue weighted by atomic mass is 10.0. The van der Waals surface area contributed by atoms with Gasteiger partial charge in [0.25, 0.3) is 0 Å². The highest BCUT2D eigenvalue weighted by Crippen LogP contribution is 2.23. The Bertz CT molecular complexity index is 560. The number of nitrogens with zero attached hydrogens (tertiary/aromatic N) is 3. The van der Waals surface area contributed by atoms with E-state index in [0.717, 1.165) is 31.7 Å². The Balaban J connectivity index is 0.00000225. The second kappa shape index (κ2) is 10.3. The molecule has 1 aromatic rings. The first kappa shape index (κ1) is 20.4. The van der Waals surface area contributed by atoms with Crippen LogP contribution in [0.15, 0.2) is 29.3 Å². The molecule has 25 heavy (non-hydrogen) atoms. The number of ether oxygens (including phenoxy) is 1. The van der Waals surface area contributed by atoms with Gasteiger partial charge < -0.3 is 15.4 Å². The van der Waals surface area contributed by atoms with E-state index in [4.69, 9.17) is 10.5 Å². The lowest BCUT2D eigenvalue weighted by Crippen LogP contribution is -2.43. The van der Waals surface area contributed by atoms with Crippen molar-refractivity contribution in [2.45, 2.75) is 25.3 Å². The van der Waals surface area contributed by atoms with E-state index in [2.05, 4.69) is 14.8 Å². The molecule has 0 spiro atoms. The maximum absolute atomic E-state index is 13.7. The summed E-state index contributed by atoms with van der Waals surface area (Å²) >= 11 is 0. The molecule has 0 aromatic heterocycles. The van der Waals surface area contributed by atoms with Gasteiger partial charge in [-0.2, -0.15) is 0 Å². The quantitative estimate of drug-likeness (QED) is 0.425. The van der Waals surface area contributed by atoms with Crippen molar-refractivity contribution in [2.75, 3.05) is 45.9 Å². The largest absolute Gasteiger partial charge is 0.379 e. The normalized spacial score (nSPS) is 20.8. The van der Waals surface area contributed by atoms with Crippen LogP contribution in [0, 0.1) is 5.82 Å². The first-order chi connectivity index (χ1) is 11.7. The zero-order valence-electron chi connectivity index (χ0n) is 14.6. The third-order valence-corrected chi connectivity index (χ3v) is 4.83. The number of piperidine rings is 1. The van der Waals surface area contributed by atoms with Crippen molar-refractivity contribution in [2.24, 2.45) is 10.7 Å². The van der Waals surface area contributed by atoms with Gasteiger partial charge in [-0.25, -0.2) is 4.39 Å². The van der Waals surface area contributed by atoms with Crippen LogP contribution in [-0.2, 0) is 4.74 Å². The molecule has 3 rings (SSSR count). The second-order valence-corrected chi connectivity index (χ2v) is 6.47. The average Bonchev–Trinajstić information content (AvgIpc) is 2.63. The topological polar surface area (TPSA) is 54.1 Å². The fourth-order valence-electron chi connectivity index (χ4n) is 3.44. The monoisotopic (exact) mass is 462 g/mol. The van der Waals surface area contributed by atoms with E-state index in [0.29, 0.717) is 25.7 Å². The minimum atomic E-state index is -0.209. The highest BCUT2D eigenvalue weighted by molar-refractivity contribution is 14.0. The van der Waals surface area contributed by atoms with Gasteiger partial charge in [-0.1, -0.05) is 12.1 Å².